The maximum absolute atomic E-state index is 12.0. The van der Waals surface area contributed by atoms with E-state index in [1.54, 1.807) is 48.5 Å². The van der Waals surface area contributed by atoms with Gasteiger partial charge in [0.05, 0.1) is 11.6 Å². The number of hydrogen-bond donors (Lipinski definition) is 0. The second-order valence-corrected chi connectivity index (χ2v) is 6.06. The van der Waals surface area contributed by atoms with Gasteiger partial charge in [0.1, 0.15) is 11.5 Å². The highest BCUT2D eigenvalue weighted by Crippen LogP contribution is 2.23. The molecule has 0 fully saturated rings. The van der Waals surface area contributed by atoms with E-state index >= 15 is 0 Å². The quantitative estimate of drug-likeness (QED) is 0.364. The standard InChI is InChI=1S/C23H17NO4/c1-16(25)20-3-2-4-22(13-20)27-15-23(26)28-21-11-9-19(10-12-21)18-7-5-17(14-24)6-8-18/h2-13H,15H2,1H3. The van der Waals surface area contributed by atoms with E-state index in [1.807, 2.05) is 24.3 Å². The zero-order valence-electron chi connectivity index (χ0n) is 15.2. The van der Waals surface area contributed by atoms with Crippen molar-refractivity contribution in [3.63, 3.8) is 0 Å². The fraction of sp³-hybridized carbons (Fsp3) is 0.0870. The monoisotopic (exact) mass is 371 g/mol. The minimum absolute atomic E-state index is 0.0737. The number of rotatable bonds is 6. The minimum Gasteiger partial charge on any atom is -0.482 e. The highest BCUT2D eigenvalue weighted by atomic mass is 16.6. The number of ether oxygens (including phenoxy) is 2. The summed E-state index contributed by atoms with van der Waals surface area (Å²) in [5, 5.41) is 8.85. The second-order valence-electron chi connectivity index (χ2n) is 6.06. The van der Waals surface area contributed by atoms with Crippen LogP contribution in [0.5, 0.6) is 11.5 Å². The van der Waals surface area contributed by atoms with Gasteiger partial charge >= 0.3 is 5.97 Å². The van der Waals surface area contributed by atoms with Gasteiger partial charge in [-0.05, 0) is 54.4 Å². The summed E-state index contributed by atoms with van der Waals surface area (Å²) in [5.74, 6) is 0.221. The summed E-state index contributed by atoms with van der Waals surface area (Å²) in [5.41, 5.74) is 3.03. The Morgan fingerprint density at radius 3 is 2.14 bits per heavy atom. The number of hydrogen-bond acceptors (Lipinski definition) is 5. The average molecular weight is 371 g/mol. The summed E-state index contributed by atoms with van der Waals surface area (Å²) in [7, 11) is 0. The number of ketones is 1. The second kappa shape index (κ2) is 8.65. The molecule has 0 heterocycles. The molecule has 0 radical (unpaired) electrons. The zero-order valence-corrected chi connectivity index (χ0v) is 15.2. The Bertz CT molecular complexity index is 1030. The first-order valence-corrected chi connectivity index (χ1v) is 8.60. The predicted molar refractivity (Wildman–Crippen MR) is 104 cm³/mol. The number of nitriles is 1. The number of Topliss-reactive ketones (excluding diaryl/α,β-unsaturated/α-hetero) is 1. The van der Waals surface area contributed by atoms with Crippen LogP contribution in [0.25, 0.3) is 11.1 Å². The average Bonchev–Trinajstić information content (AvgIpc) is 2.73. The molecule has 0 amide bonds. The molecule has 5 nitrogen and oxygen atoms in total. The molecule has 0 unspecified atom stereocenters. The van der Waals surface area contributed by atoms with Crippen LogP contribution in [-0.2, 0) is 4.79 Å². The van der Waals surface area contributed by atoms with E-state index in [9.17, 15) is 9.59 Å². The third-order valence-electron chi connectivity index (χ3n) is 4.03. The molecule has 3 aromatic rings. The zero-order chi connectivity index (χ0) is 19.9. The Balaban J connectivity index is 1.57. The first-order valence-electron chi connectivity index (χ1n) is 8.60. The Hall–Kier alpha value is -3.91. The van der Waals surface area contributed by atoms with Crippen molar-refractivity contribution in [2.75, 3.05) is 6.61 Å². The summed E-state index contributed by atoms with van der Waals surface area (Å²) >= 11 is 0. The number of benzene rings is 3. The highest BCUT2D eigenvalue weighted by Gasteiger charge is 2.08. The third-order valence-corrected chi connectivity index (χ3v) is 4.03. The Morgan fingerprint density at radius 2 is 1.54 bits per heavy atom. The van der Waals surface area contributed by atoms with E-state index < -0.39 is 5.97 Å². The van der Waals surface area contributed by atoms with Crippen LogP contribution >= 0.6 is 0 Å². The third kappa shape index (κ3) is 4.83. The van der Waals surface area contributed by atoms with Crippen LogP contribution in [0.1, 0.15) is 22.8 Å². The van der Waals surface area contributed by atoms with Crippen molar-refractivity contribution in [1.29, 1.82) is 5.26 Å². The lowest BCUT2D eigenvalue weighted by molar-refractivity contribution is -0.136. The molecule has 0 aliphatic rings. The highest BCUT2D eigenvalue weighted by molar-refractivity contribution is 5.94. The lowest BCUT2D eigenvalue weighted by Gasteiger charge is -2.08. The molecule has 3 rings (SSSR count). The van der Waals surface area contributed by atoms with Gasteiger partial charge in [0.25, 0.3) is 0 Å². The van der Waals surface area contributed by atoms with Crippen molar-refractivity contribution < 1.29 is 19.1 Å². The van der Waals surface area contributed by atoms with Crippen LogP contribution in [0.2, 0.25) is 0 Å². The van der Waals surface area contributed by atoms with Crippen molar-refractivity contribution in [3.05, 3.63) is 83.9 Å². The van der Waals surface area contributed by atoms with Gasteiger partial charge in [0, 0.05) is 5.56 Å². The topological polar surface area (TPSA) is 76.4 Å². The molecule has 3 aromatic carbocycles. The van der Waals surface area contributed by atoms with E-state index in [-0.39, 0.29) is 12.4 Å². The van der Waals surface area contributed by atoms with E-state index in [4.69, 9.17) is 14.7 Å². The molecule has 0 aliphatic carbocycles. The van der Waals surface area contributed by atoms with E-state index in [0.29, 0.717) is 22.6 Å². The van der Waals surface area contributed by atoms with Crippen LogP contribution in [0.3, 0.4) is 0 Å². The van der Waals surface area contributed by atoms with Gasteiger partial charge < -0.3 is 9.47 Å². The largest absolute Gasteiger partial charge is 0.482 e. The molecular formula is C23H17NO4. The molecule has 0 saturated heterocycles. The van der Waals surface area contributed by atoms with Crippen molar-refractivity contribution >= 4 is 11.8 Å². The Labute approximate surface area is 162 Å². The molecule has 5 heteroatoms. The summed E-state index contributed by atoms with van der Waals surface area (Å²) in [4.78, 5) is 23.4. The molecule has 0 spiro atoms. The van der Waals surface area contributed by atoms with E-state index in [2.05, 4.69) is 6.07 Å². The fourth-order valence-electron chi connectivity index (χ4n) is 2.56. The molecule has 0 saturated carbocycles. The van der Waals surface area contributed by atoms with E-state index in [0.717, 1.165) is 11.1 Å². The maximum Gasteiger partial charge on any atom is 0.349 e. The SMILES string of the molecule is CC(=O)c1cccc(OCC(=O)Oc2ccc(-c3ccc(C#N)cc3)cc2)c1. The number of carbonyl (C=O) groups excluding carboxylic acids is 2. The lowest BCUT2D eigenvalue weighted by atomic mass is 10.0. The van der Waals surface area contributed by atoms with Crippen LogP contribution < -0.4 is 9.47 Å². The summed E-state index contributed by atoms with van der Waals surface area (Å²) in [6.45, 7) is 1.20. The van der Waals surface area contributed by atoms with Crippen LogP contribution in [-0.4, -0.2) is 18.4 Å². The van der Waals surface area contributed by atoms with Gasteiger partial charge in [-0.3, -0.25) is 4.79 Å². The van der Waals surface area contributed by atoms with Crippen LogP contribution in [0.4, 0.5) is 0 Å². The van der Waals surface area contributed by atoms with Crippen LogP contribution in [0, 0.1) is 11.3 Å². The van der Waals surface area contributed by atoms with Gasteiger partial charge in [-0.25, -0.2) is 4.79 Å². The van der Waals surface area contributed by atoms with Gasteiger partial charge in [-0.1, -0.05) is 36.4 Å². The van der Waals surface area contributed by atoms with Crippen molar-refractivity contribution in [1.82, 2.24) is 0 Å². The summed E-state index contributed by atoms with van der Waals surface area (Å²) < 4.78 is 10.7. The number of nitrogens with zero attached hydrogens (tertiary/aromatic N) is 1. The summed E-state index contributed by atoms with van der Waals surface area (Å²) in [6, 6.07) is 23.0. The lowest BCUT2D eigenvalue weighted by Crippen LogP contribution is -2.17. The predicted octanol–water partition coefficient (Wildman–Crippen LogP) is 4.41. The Morgan fingerprint density at radius 1 is 0.893 bits per heavy atom. The van der Waals surface area contributed by atoms with Crippen molar-refractivity contribution in [3.8, 4) is 28.7 Å². The molecule has 138 valence electrons. The normalized spacial score (nSPS) is 10.0. The van der Waals surface area contributed by atoms with Gasteiger partial charge in [-0.15, -0.1) is 0 Å². The molecule has 0 aliphatic heterocycles. The maximum atomic E-state index is 12.0. The number of carbonyl (C=O) groups is 2. The van der Waals surface area contributed by atoms with Crippen LogP contribution in [0.15, 0.2) is 72.8 Å². The number of esters is 1. The van der Waals surface area contributed by atoms with Crippen molar-refractivity contribution in [2.45, 2.75) is 6.92 Å². The van der Waals surface area contributed by atoms with Crippen molar-refractivity contribution in [2.24, 2.45) is 0 Å². The van der Waals surface area contributed by atoms with Gasteiger partial charge in [0.2, 0.25) is 0 Å². The molecule has 0 N–H and O–H groups in total. The minimum atomic E-state index is -0.542. The van der Waals surface area contributed by atoms with E-state index in [1.165, 1.54) is 6.92 Å². The first-order chi connectivity index (χ1) is 13.5. The molecular weight excluding hydrogens is 354 g/mol. The fourth-order valence-corrected chi connectivity index (χ4v) is 2.56. The molecule has 0 atom stereocenters. The molecule has 28 heavy (non-hydrogen) atoms. The van der Waals surface area contributed by atoms with Gasteiger partial charge in [-0.2, -0.15) is 5.26 Å². The first kappa shape index (κ1) is 18.9. The Kier molecular flexibility index (Phi) is 5.83. The summed E-state index contributed by atoms with van der Waals surface area (Å²) in [6.07, 6.45) is 0. The molecule has 0 bridgehead atoms. The molecule has 0 aromatic heterocycles. The van der Waals surface area contributed by atoms with Gasteiger partial charge in [0.15, 0.2) is 12.4 Å². The smallest absolute Gasteiger partial charge is 0.349 e.